The lowest BCUT2D eigenvalue weighted by Crippen LogP contribution is -2.46. The van der Waals surface area contributed by atoms with Gasteiger partial charge in [0.25, 0.3) is 0 Å². The number of ether oxygens (including phenoxy) is 1. The van der Waals surface area contributed by atoms with Gasteiger partial charge in [-0.2, -0.15) is 0 Å². The van der Waals surface area contributed by atoms with Crippen LogP contribution in [0.4, 0.5) is 4.79 Å². The van der Waals surface area contributed by atoms with Gasteiger partial charge in [-0.15, -0.1) is 0 Å². The second-order valence-electron chi connectivity index (χ2n) is 8.48. The maximum atomic E-state index is 12.5. The summed E-state index contributed by atoms with van der Waals surface area (Å²) in [6.07, 6.45) is -0.336. The number of fused-ring (bicyclic) bond motifs is 3. The third kappa shape index (κ3) is 5.45. The molecule has 0 fully saturated rings. The number of alkyl carbamates (subject to hydrolysis) is 1. The molecule has 0 aromatic heterocycles. The van der Waals surface area contributed by atoms with Crippen molar-refractivity contribution in [1.29, 1.82) is 0 Å². The van der Waals surface area contributed by atoms with Crippen molar-refractivity contribution < 1.29 is 29.3 Å². The van der Waals surface area contributed by atoms with E-state index in [0.717, 1.165) is 22.3 Å². The Balaban J connectivity index is 1.53. The molecule has 0 heterocycles. The van der Waals surface area contributed by atoms with Crippen molar-refractivity contribution >= 4 is 18.0 Å². The summed E-state index contributed by atoms with van der Waals surface area (Å²) in [6.45, 7) is 3.00. The van der Waals surface area contributed by atoms with Crippen molar-refractivity contribution in [2.24, 2.45) is 0 Å². The van der Waals surface area contributed by atoms with E-state index in [-0.39, 0.29) is 25.4 Å². The Labute approximate surface area is 186 Å². The van der Waals surface area contributed by atoms with Gasteiger partial charge in [0.05, 0.1) is 6.61 Å². The van der Waals surface area contributed by atoms with Gasteiger partial charge in [-0.3, -0.25) is 4.79 Å². The van der Waals surface area contributed by atoms with E-state index in [2.05, 4.69) is 22.8 Å². The summed E-state index contributed by atoms with van der Waals surface area (Å²) in [6, 6.07) is 14.8. The Morgan fingerprint density at radius 1 is 1.03 bits per heavy atom. The smallest absolute Gasteiger partial charge is 0.407 e. The van der Waals surface area contributed by atoms with E-state index >= 15 is 0 Å². The van der Waals surface area contributed by atoms with Crippen LogP contribution < -0.4 is 10.6 Å². The van der Waals surface area contributed by atoms with Gasteiger partial charge in [-0.25, -0.2) is 9.59 Å². The Morgan fingerprint density at radius 3 is 2.12 bits per heavy atom. The molecule has 0 saturated carbocycles. The minimum Gasteiger partial charge on any atom is -0.480 e. The highest BCUT2D eigenvalue weighted by molar-refractivity contribution is 5.83. The molecule has 2 aromatic rings. The molecule has 1 aliphatic carbocycles. The Kier molecular flexibility index (Phi) is 7.15. The molecule has 0 saturated heterocycles. The van der Waals surface area contributed by atoms with Crippen LogP contribution in [0.15, 0.2) is 48.5 Å². The first-order valence-electron chi connectivity index (χ1n) is 10.5. The summed E-state index contributed by atoms with van der Waals surface area (Å²) in [5.74, 6) is -1.88. The van der Waals surface area contributed by atoms with Gasteiger partial charge in [0.2, 0.25) is 5.91 Å². The van der Waals surface area contributed by atoms with E-state index < -0.39 is 36.2 Å². The molecule has 4 N–H and O–H groups in total. The van der Waals surface area contributed by atoms with Crippen LogP contribution in [-0.4, -0.2) is 53.0 Å². The Morgan fingerprint density at radius 2 is 1.59 bits per heavy atom. The Bertz CT molecular complexity index is 958. The highest BCUT2D eigenvalue weighted by atomic mass is 16.5. The quantitative estimate of drug-likeness (QED) is 0.475. The molecule has 0 spiro atoms. The van der Waals surface area contributed by atoms with Crippen molar-refractivity contribution in [3.05, 3.63) is 59.7 Å². The van der Waals surface area contributed by atoms with Crippen LogP contribution >= 0.6 is 0 Å². The number of amides is 2. The van der Waals surface area contributed by atoms with Crippen LogP contribution in [0.2, 0.25) is 0 Å². The molecule has 8 nitrogen and oxygen atoms in total. The highest BCUT2D eigenvalue weighted by Gasteiger charge is 2.30. The number of benzene rings is 2. The van der Waals surface area contributed by atoms with Gasteiger partial charge in [0.1, 0.15) is 12.6 Å². The molecule has 1 aliphatic rings. The number of aliphatic hydroxyl groups is 1. The van der Waals surface area contributed by atoms with Crippen LogP contribution in [0.25, 0.3) is 11.1 Å². The molecular formula is C24H28N2O6. The second-order valence-corrected chi connectivity index (χ2v) is 8.48. The predicted molar refractivity (Wildman–Crippen MR) is 118 cm³/mol. The van der Waals surface area contributed by atoms with Crippen molar-refractivity contribution in [2.45, 2.75) is 44.2 Å². The maximum Gasteiger partial charge on any atom is 0.407 e. The van der Waals surface area contributed by atoms with Crippen molar-refractivity contribution in [2.75, 3.05) is 13.2 Å². The van der Waals surface area contributed by atoms with Crippen LogP contribution in [-0.2, 0) is 14.3 Å². The van der Waals surface area contributed by atoms with Crippen molar-refractivity contribution in [1.82, 2.24) is 10.6 Å². The van der Waals surface area contributed by atoms with Gasteiger partial charge in [-0.1, -0.05) is 48.5 Å². The van der Waals surface area contributed by atoms with Crippen LogP contribution in [0, 0.1) is 0 Å². The molecule has 0 aliphatic heterocycles. The average Bonchev–Trinajstić information content (AvgIpc) is 3.08. The van der Waals surface area contributed by atoms with Crippen LogP contribution in [0.3, 0.4) is 0 Å². The number of hydrogen-bond acceptors (Lipinski definition) is 5. The maximum absolute atomic E-state index is 12.5. The standard InChI is InChI=1S/C24H28N2O6/c1-24(2,12-11-21(28)25-20(13-27)22(29)30)26-23(31)32-14-19-17-9-5-3-7-15(17)16-8-4-6-10-18(16)19/h3-10,19-20,27H,11-14H2,1-2H3,(H,25,28)(H,26,31)(H,29,30)/t20-/m0/s1. The normalized spacial score (nSPS) is 13.6. The number of carboxylic acid groups (broad SMARTS) is 1. The molecule has 3 rings (SSSR count). The van der Waals surface area contributed by atoms with Crippen molar-refractivity contribution in [3.63, 3.8) is 0 Å². The summed E-state index contributed by atoms with van der Waals surface area (Å²) >= 11 is 0. The number of hydrogen-bond donors (Lipinski definition) is 4. The number of carbonyl (C=O) groups excluding carboxylic acids is 2. The van der Waals surface area contributed by atoms with Crippen molar-refractivity contribution in [3.8, 4) is 11.1 Å². The minimum atomic E-state index is -1.35. The number of carboxylic acids is 1. The zero-order valence-electron chi connectivity index (χ0n) is 18.1. The van der Waals surface area contributed by atoms with Gasteiger partial charge >= 0.3 is 12.1 Å². The fourth-order valence-corrected chi connectivity index (χ4v) is 3.85. The summed E-state index contributed by atoms with van der Waals surface area (Å²) in [5.41, 5.74) is 3.78. The average molecular weight is 440 g/mol. The number of carbonyl (C=O) groups is 3. The molecule has 32 heavy (non-hydrogen) atoms. The Hall–Kier alpha value is -3.39. The molecule has 2 amide bonds. The monoisotopic (exact) mass is 440 g/mol. The van der Waals surface area contributed by atoms with Crippen LogP contribution in [0.1, 0.15) is 43.7 Å². The first-order valence-corrected chi connectivity index (χ1v) is 10.5. The summed E-state index contributed by atoms with van der Waals surface area (Å²) in [5, 5.41) is 22.9. The van der Waals surface area contributed by atoms with E-state index in [1.807, 2.05) is 36.4 Å². The summed E-state index contributed by atoms with van der Waals surface area (Å²) in [4.78, 5) is 35.3. The molecule has 1 atom stereocenters. The lowest BCUT2D eigenvalue weighted by molar-refractivity contribution is -0.143. The van der Waals surface area contributed by atoms with E-state index in [0.29, 0.717) is 0 Å². The third-order valence-electron chi connectivity index (χ3n) is 5.58. The molecular weight excluding hydrogens is 412 g/mol. The first-order chi connectivity index (χ1) is 15.2. The van der Waals surface area contributed by atoms with E-state index in [4.69, 9.17) is 14.9 Å². The number of rotatable bonds is 9. The highest BCUT2D eigenvalue weighted by Crippen LogP contribution is 2.44. The van der Waals surface area contributed by atoms with Gasteiger partial charge < -0.3 is 25.6 Å². The number of aliphatic carboxylic acids is 1. The predicted octanol–water partition coefficient (Wildman–Crippen LogP) is 2.65. The largest absolute Gasteiger partial charge is 0.480 e. The van der Waals surface area contributed by atoms with E-state index in [9.17, 15) is 14.4 Å². The third-order valence-corrected chi connectivity index (χ3v) is 5.58. The SMILES string of the molecule is CC(C)(CCC(=O)N[C@@H](CO)C(=O)O)NC(=O)OCC1c2ccccc2-c2ccccc21. The molecule has 2 aromatic carbocycles. The molecule has 170 valence electrons. The second kappa shape index (κ2) is 9.82. The summed E-state index contributed by atoms with van der Waals surface area (Å²) in [7, 11) is 0. The van der Waals surface area contributed by atoms with E-state index in [1.165, 1.54) is 0 Å². The van der Waals surface area contributed by atoms with Gasteiger partial charge in [-0.05, 0) is 42.5 Å². The first kappa shape index (κ1) is 23.3. The number of aliphatic hydroxyl groups excluding tert-OH is 1. The zero-order chi connectivity index (χ0) is 23.3. The number of nitrogens with one attached hydrogen (secondary N) is 2. The topological polar surface area (TPSA) is 125 Å². The summed E-state index contributed by atoms with van der Waals surface area (Å²) < 4.78 is 5.53. The zero-order valence-corrected chi connectivity index (χ0v) is 18.1. The molecule has 8 heteroatoms. The molecule has 0 bridgehead atoms. The fraction of sp³-hybridized carbons (Fsp3) is 0.375. The fourth-order valence-electron chi connectivity index (χ4n) is 3.85. The van der Waals surface area contributed by atoms with Gasteiger partial charge in [0, 0.05) is 17.9 Å². The van der Waals surface area contributed by atoms with Crippen LogP contribution in [0.5, 0.6) is 0 Å². The molecule has 0 radical (unpaired) electrons. The lowest BCUT2D eigenvalue weighted by atomic mass is 9.98. The lowest BCUT2D eigenvalue weighted by Gasteiger charge is -2.26. The van der Waals surface area contributed by atoms with Gasteiger partial charge in [0.15, 0.2) is 0 Å². The van der Waals surface area contributed by atoms with E-state index in [1.54, 1.807) is 13.8 Å². The minimum absolute atomic E-state index is 0.0135. The molecule has 0 unspecified atom stereocenters.